The van der Waals surface area contributed by atoms with Gasteiger partial charge in [-0.15, -0.1) is 0 Å². The molecule has 3 aromatic carbocycles. The molecular weight excluding hydrogens is 642 g/mol. The van der Waals surface area contributed by atoms with E-state index in [1.165, 1.54) is 68.0 Å². The SMILES string of the molecule is CCCCCCCCCCCCOc1ccc(Cl)cc1NC(=O)C(C(=O)c1ccccc1)N1C(=O)C(OCC)N(Cc2ccccc2)C1=O. The van der Waals surface area contributed by atoms with E-state index in [1.807, 2.05) is 30.3 Å². The van der Waals surface area contributed by atoms with Crippen LogP contribution in [0.2, 0.25) is 5.02 Å². The largest absolute Gasteiger partial charge is 0.491 e. The Labute approximate surface area is 294 Å². The summed E-state index contributed by atoms with van der Waals surface area (Å²) in [6, 6.07) is 19.4. The predicted molar refractivity (Wildman–Crippen MR) is 192 cm³/mol. The minimum Gasteiger partial charge on any atom is -0.491 e. The molecule has 0 aromatic heterocycles. The zero-order chi connectivity index (χ0) is 35.0. The van der Waals surface area contributed by atoms with Gasteiger partial charge in [-0.3, -0.25) is 19.3 Å². The normalized spacial score (nSPS) is 15.0. The van der Waals surface area contributed by atoms with Gasteiger partial charge in [-0.1, -0.05) is 137 Å². The Morgan fingerprint density at radius 2 is 1.43 bits per heavy atom. The highest BCUT2D eigenvalue weighted by Crippen LogP contribution is 2.31. The van der Waals surface area contributed by atoms with E-state index < -0.39 is 35.9 Å². The standard InChI is InChI=1S/C39H48ClN3O6/c1-3-5-6-7-8-9-10-11-12-19-26-49-33-25-24-31(40)27-32(33)41-36(45)34(35(44)30-22-17-14-18-23-30)43-37(46)38(48-4-2)42(39(43)47)28-29-20-15-13-16-21-29/h13-18,20-25,27,34,38H,3-12,19,26,28H2,1-2H3,(H,41,45). The zero-order valence-corrected chi connectivity index (χ0v) is 29.3. The predicted octanol–water partition coefficient (Wildman–Crippen LogP) is 8.66. The van der Waals surface area contributed by atoms with E-state index in [0.29, 0.717) is 22.3 Å². The maximum Gasteiger partial charge on any atom is 0.330 e. The van der Waals surface area contributed by atoms with Crippen LogP contribution in [0.15, 0.2) is 78.9 Å². The molecule has 1 saturated heterocycles. The molecule has 2 atom stereocenters. The summed E-state index contributed by atoms with van der Waals surface area (Å²) >= 11 is 6.32. The van der Waals surface area contributed by atoms with Gasteiger partial charge in [0.1, 0.15) is 5.75 Å². The first-order valence-electron chi connectivity index (χ1n) is 17.5. The number of hydrogen-bond acceptors (Lipinski definition) is 6. The minimum absolute atomic E-state index is 0.0473. The van der Waals surface area contributed by atoms with Gasteiger partial charge in [0.25, 0.3) is 11.8 Å². The molecule has 3 aromatic rings. The molecule has 0 spiro atoms. The summed E-state index contributed by atoms with van der Waals surface area (Å²) in [5, 5.41) is 3.09. The van der Waals surface area contributed by atoms with Crippen LogP contribution in [0.1, 0.15) is 94.0 Å². The van der Waals surface area contributed by atoms with Crippen LogP contribution in [0.5, 0.6) is 5.75 Å². The molecule has 4 amide bonds. The number of halogens is 1. The van der Waals surface area contributed by atoms with Gasteiger partial charge in [0, 0.05) is 17.2 Å². The molecule has 1 heterocycles. The number of unbranched alkanes of at least 4 members (excludes halogenated alkanes) is 9. The number of ketones is 1. The molecule has 0 radical (unpaired) electrons. The Bertz CT molecular complexity index is 1520. The third-order valence-corrected chi connectivity index (χ3v) is 8.71. The topological polar surface area (TPSA) is 105 Å². The van der Waals surface area contributed by atoms with E-state index in [2.05, 4.69) is 12.2 Å². The molecule has 1 aliphatic rings. The van der Waals surface area contributed by atoms with Gasteiger partial charge in [-0.2, -0.15) is 0 Å². The lowest BCUT2D eigenvalue weighted by Crippen LogP contribution is -2.52. The number of benzene rings is 3. The fourth-order valence-corrected chi connectivity index (χ4v) is 6.06. The third-order valence-electron chi connectivity index (χ3n) is 8.47. The number of anilines is 1. The molecule has 49 heavy (non-hydrogen) atoms. The van der Waals surface area contributed by atoms with E-state index in [9.17, 15) is 19.2 Å². The van der Waals surface area contributed by atoms with Crippen molar-refractivity contribution in [1.82, 2.24) is 9.80 Å². The van der Waals surface area contributed by atoms with E-state index in [0.717, 1.165) is 24.8 Å². The highest BCUT2D eigenvalue weighted by atomic mass is 35.5. The lowest BCUT2D eigenvalue weighted by atomic mass is 10.0. The van der Waals surface area contributed by atoms with Crippen molar-refractivity contribution in [3.05, 3.63) is 95.0 Å². The maximum atomic E-state index is 14.1. The van der Waals surface area contributed by atoms with Crippen molar-refractivity contribution in [3.8, 4) is 5.75 Å². The second kappa shape index (κ2) is 19.7. The highest BCUT2D eigenvalue weighted by molar-refractivity contribution is 6.31. The lowest BCUT2D eigenvalue weighted by molar-refractivity contribution is -0.144. The second-order valence-corrected chi connectivity index (χ2v) is 12.6. The molecule has 0 saturated carbocycles. The van der Waals surface area contributed by atoms with Crippen LogP contribution >= 0.6 is 11.6 Å². The molecule has 0 aliphatic carbocycles. The lowest BCUT2D eigenvalue weighted by Gasteiger charge is -2.25. The summed E-state index contributed by atoms with van der Waals surface area (Å²) in [5.74, 6) is -2.02. The van der Waals surface area contributed by atoms with Crippen LogP contribution in [0, 0.1) is 0 Å². The van der Waals surface area contributed by atoms with Crippen molar-refractivity contribution < 1.29 is 28.7 Å². The van der Waals surface area contributed by atoms with Crippen molar-refractivity contribution >= 4 is 40.9 Å². The third kappa shape index (κ3) is 10.6. The van der Waals surface area contributed by atoms with Gasteiger partial charge in [0.05, 0.1) is 18.8 Å². The summed E-state index contributed by atoms with van der Waals surface area (Å²) in [5.41, 5.74) is 1.16. The first kappa shape index (κ1) is 37.6. The fourth-order valence-electron chi connectivity index (χ4n) is 5.89. The van der Waals surface area contributed by atoms with Gasteiger partial charge in [0.15, 0.2) is 11.8 Å². The molecule has 0 bridgehead atoms. The molecule has 1 aliphatic heterocycles. The van der Waals surface area contributed by atoms with Crippen LogP contribution < -0.4 is 10.1 Å². The number of imide groups is 1. The highest BCUT2D eigenvalue weighted by Gasteiger charge is 2.53. The Hall–Kier alpha value is -4.21. The number of Topliss-reactive ketones (excluding diaryl/α,β-unsaturated/α-hetero) is 1. The number of amides is 4. The molecule has 4 rings (SSSR count). The Morgan fingerprint density at radius 1 is 0.816 bits per heavy atom. The van der Waals surface area contributed by atoms with Gasteiger partial charge < -0.3 is 14.8 Å². The molecule has 1 fully saturated rings. The number of rotatable bonds is 21. The fraction of sp³-hybridized carbons (Fsp3) is 0.436. The Kier molecular flexibility index (Phi) is 15.1. The van der Waals surface area contributed by atoms with Gasteiger partial charge in [0.2, 0.25) is 6.23 Å². The minimum atomic E-state index is -1.82. The average molecular weight is 690 g/mol. The molecule has 1 N–H and O–H groups in total. The van der Waals surface area contributed by atoms with Gasteiger partial charge in [-0.05, 0) is 37.1 Å². The van der Waals surface area contributed by atoms with Crippen molar-refractivity contribution in [1.29, 1.82) is 0 Å². The molecule has 9 nitrogen and oxygen atoms in total. The van der Waals surface area contributed by atoms with E-state index in [1.54, 1.807) is 37.3 Å². The van der Waals surface area contributed by atoms with Crippen LogP contribution in [-0.4, -0.2) is 58.9 Å². The summed E-state index contributed by atoms with van der Waals surface area (Å²) in [6.45, 7) is 4.54. The molecule has 2 unspecified atom stereocenters. The zero-order valence-electron chi connectivity index (χ0n) is 28.6. The first-order valence-corrected chi connectivity index (χ1v) is 17.8. The van der Waals surface area contributed by atoms with Crippen molar-refractivity contribution in [2.24, 2.45) is 0 Å². The summed E-state index contributed by atoms with van der Waals surface area (Å²) < 4.78 is 11.8. The van der Waals surface area contributed by atoms with E-state index >= 15 is 0 Å². The Balaban J connectivity index is 1.50. The summed E-state index contributed by atoms with van der Waals surface area (Å²) in [7, 11) is 0. The number of urea groups is 1. The smallest absolute Gasteiger partial charge is 0.330 e. The summed E-state index contributed by atoms with van der Waals surface area (Å²) in [6.07, 6.45) is 10.6. The van der Waals surface area contributed by atoms with Gasteiger partial charge in [-0.25, -0.2) is 9.69 Å². The van der Waals surface area contributed by atoms with Crippen LogP contribution in [-0.2, 0) is 20.9 Å². The van der Waals surface area contributed by atoms with Crippen LogP contribution in [0.25, 0.3) is 0 Å². The van der Waals surface area contributed by atoms with Crippen molar-refractivity contribution in [3.63, 3.8) is 0 Å². The van der Waals surface area contributed by atoms with Crippen LogP contribution in [0.3, 0.4) is 0 Å². The van der Waals surface area contributed by atoms with Crippen molar-refractivity contribution in [2.75, 3.05) is 18.5 Å². The van der Waals surface area contributed by atoms with E-state index in [-0.39, 0.29) is 24.4 Å². The summed E-state index contributed by atoms with van der Waals surface area (Å²) in [4.78, 5) is 57.9. The van der Waals surface area contributed by atoms with Gasteiger partial charge >= 0.3 is 6.03 Å². The number of nitrogens with one attached hydrogen (secondary N) is 1. The van der Waals surface area contributed by atoms with Crippen molar-refractivity contribution in [2.45, 2.75) is 96.9 Å². The average Bonchev–Trinajstić information content (AvgIpc) is 3.33. The maximum absolute atomic E-state index is 14.1. The quantitative estimate of drug-likeness (QED) is 0.0520. The first-order chi connectivity index (χ1) is 23.8. The second-order valence-electron chi connectivity index (χ2n) is 12.2. The van der Waals surface area contributed by atoms with E-state index in [4.69, 9.17) is 21.1 Å². The number of carbonyl (C=O) groups excluding carboxylic acids is 4. The number of nitrogens with zero attached hydrogens (tertiary/aromatic N) is 2. The molecule has 262 valence electrons. The molecular formula is C39H48ClN3O6. The number of carbonyl (C=O) groups is 4. The molecule has 10 heteroatoms. The number of hydrogen-bond donors (Lipinski definition) is 1. The Morgan fingerprint density at radius 3 is 2.06 bits per heavy atom. The monoisotopic (exact) mass is 689 g/mol. The number of ether oxygens (including phenoxy) is 2. The van der Waals surface area contributed by atoms with Crippen LogP contribution in [0.4, 0.5) is 10.5 Å².